The number of nitrogens with zero attached hydrogens (tertiary/aromatic N) is 1. The van der Waals surface area contributed by atoms with Crippen LogP contribution < -0.4 is 5.73 Å². The van der Waals surface area contributed by atoms with Gasteiger partial charge in [-0.1, -0.05) is 60.7 Å². The van der Waals surface area contributed by atoms with Crippen LogP contribution in [0, 0.1) is 0 Å². The first-order chi connectivity index (χ1) is 9.72. The van der Waals surface area contributed by atoms with E-state index in [1.54, 1.807) is 4.90 Å². The Labute approximate surface area is 118 Å². The van der Waals surface area contributed by atoms with Crippen molar-refractivity contribution in [3.05, 3.63) is 71.8 Å². The van der Waals surface area contributed by atoms with Gasteiger partial charge in [0.25, 0.3) is 0 Å². The highest BCUT2D eigenvalue weighted by Crippen LogP contribution is 2.27. The van der Waals surface area contributed by atoms with Gasteiger partial charge in [-0.2, -0.15) is 0 Å². The van der Waals surface area contributed by atoms with Gasteiger partial charge in [0.2, 0.25) is 5.91 Å². The second kappa shape index (κ2) is 6.84. The maximum atomic E-state index is 11.2. The molecule has 2 aromatic carbocycles. The molecule has 0 radical (unpaired) electrons. The fourth-order valence-corrected chi connectivity index (χ4v) is 2.31. The molecule has 4 heteroatoms. The molecule has 0 bridgehead atoms. The molecule has 20 heavy (non-hydrogen) atoms. The predicted octanol–water partition coefficient (Wildman–Crippen LogP) is 1.51. The molecule has 0 heterocycles. The van der Waals surface area contributed by atoms with Crippen molar-refractivity contribution in [2.45, 2.75) is 6.04 Å². The predicted molar refractivity (Wildman–Crippen MR) is 77.7 cm³/mol. The number of hydrogen-bond donors (Lipinski definition) is 2. The van der Waals surface area contributed by atoms with E-state index in [9.17, 15) is 9.90 Å². The SMILES string of the molecule is NC(=O)CN(CO)C(c1ccccc1)c1ccccc1. The lowest BCUT2D eigenvalue weighted by Gasteiger charge is -2.29. The van der Waals surface area contributed by atoms with Gasteiger partial charge in [-0.05, 0) is 11.1 Å². The van der Waals surface area contributed by atoms with E-state index >= 15 is 0 Å². The quantitative estimate of drug-likeness (QED) is 0.782. The van der Waals surface area contributed by atoms with Crippen LogP contribution in [0.1, 0.15) is 17.2 Å². The summed E-state index contributed by atoms with van der Waals surface area (Å²) in [4.78, 5) is 12.9. The zero-order chi connectivity index (χ0) is 14.4. The van der Waals surface area contributed by atoms with Crippen LogP contribution in [0.5, 0.6) is 0 Å². The summed E-state index contributed by atoms with van der Waals surface area (Å²) in [6, 6.07) is 19.3. The van der Waals surface area contributed by atoms with Crippen LogP contribution >= 0.6 is 0 Å². The highest BCUT2D eigenvalue weighted by molar-refractivity contribution is 5.76. The molecule has 0 saturated carbocycles. The number of rotatable bonds is 6. The molecule has 0 saturated heterocycles. The summed E-state index contributed by atoms with van der Waals surface area (Å²) in [5.74, 6) is -0.462. The molecule has 0 spiro atoms. The van der Waals surface area contributed by atoms with Crippen molar-refractivity contribution in [2.75, 3.05) is 13.3 Å². The Morgan fingerprint density at radius 2 is 1.45 bits per heavy atom. The van der Waals surface area contributed by atoms with Gasteiger partial charge in [-0.3, -0.25) is 9.69 Å². The summed E-state index contributed by atoms with van der Waals surface area (Å²) in [6.07, 6.45) is 0. The van der Waals surface area contributed by atoms with Gasteiger partial charge in [0, 0.05) is 0 Å². The third-order valence-corrected chi connectivity index (χ3v) is 3.14. The fourth-order valence-electron chi connectivity index (χ4n) is 2.31. The molecule has 3 N–H and O–H groups in total. The van der Waals surface area contributed by atoms with E-state index in [2.05, 4.69) is 0 Å². The second-order valence-electron chi connectivity index (χ2n) is 4.58. The summed E-state index contributed by atoms with van der Waals surface area (Å²) >= 11 is 0. The molecular weight excluding hydrogens is 252 g/mol. The first kappa shape index (κ1) is 14.2. The molecule has 0 fully saturated rings. The van der Waals surface area contributed by atoms with E-state index in [0.717, 1.165) is 11.1 Å². The second-order valence-corrected chi connectivity index (χ2v) is 4.58. The largest absolute Gasteiger partial charge is 0.381 e. The van der Waals surface area contributed by atoms with E-state index in [1.165, 1.54) is 0 Å². The van der Waals surface area contributed by atoms with Crippen LogP contribution in [-0.2, 0) is 4.79 Å². The summed E-state index contributed by atoms with van der Waals surface area (Å²) in [5.41, 5.74) is 7.29. The van der Waals surface area contributed by atoms with Gasteiger partial charge in [-0.15, -0.1) is 0 Å². The number of carbonyl (C=O) groups excluding carboxylic acids is 1. The van der Waals surface area contributed by atoms with Gasteiger partial charge >= 0.3 is 0 Å². The van der Waals surface area contributed by atoms with Crippen LogP contribution in [-0.4, -0.2) is 29.2 Å². The van der Waals surface area contributed by atoms with Gasteiger partial charge in [0.15, 0.2) is 0 Å². The molecule has 1 amide bonds. The van der Waals surface area contributed by atoms with Crippen molar-refractivity contribution in [1.29, 1.82) is 0 Å². The zero-order valence-electron chi connectivity index (χ0n) is 11.1. The summed E-state index contributed by atoms with van der Waals surface area (Å²) < 4.78 is 0. The molecule has 0 aliphatic heterocycles. The van der Waals surface area contributed by atoms with Crippen LogP contribution in [0.4, 0.5) is 0 Å². The maximum absolute atomic E-state index is 11.2. The van der Waals surface area contributed by atoms with Crippen LogP contribution in [0.15, 0.2) is 60.7 Å². The van der Waals surface area contributed by atoms with Gasteiger partial charge in [-0.25, -0.2) is 0 Å². The fraction of sp³-hybridized carbons (Fsp3) is 0.188. The van der Waals surface area contributed by atoms with E-state index in [-0.39, 0.29) is 19.3 Å². The third-order valence-electron chi connectivity index (χ3n) is 3.14. The lowest BCUT2D eigenvalue weighted by atomic mass is 9.97. The molecule has 0 atom stereocenters. The number of benzene rings is 2. The van der Waals surface area contributed by atoms with Crippen LogP contribution in [0.25, 0.3) is 0 Å². The van der Waals surface area contributed by atoms with E-state index < -0.39 is 5.91 Å². The number of amides is 1. The number of primary amides is 1. The summed E-state index contributed by atoms with van der Waals surface area (Å²) in [6.45, 7) is -0.234. The minimum atomic E-state index is -0.462. The van der Waals surface area contributed by atoms with E-state index in [4.69, 9.17) is 5.73 Å². The average Bonchev–Trinajstić information content (AvgIpc) is 2.48. The Balaban J connectivity index is 2.41. The van der Waals surface area contributed by atoms with Crippen molar-refractivity contribution >= 4 is 5.91 Å². The van der Waals surface area contributed by atoms with E-state index in [0.29, 0.717) is 0 Å². The lowest BCUT2D eigenvalue weighted by molar-refractivity contribution is -0.120. The Hall–Kier alpha value is -2.17. The molecule has 4 nitrogen and oxygen atoms in total. The molecule has 2 aromatic rings. The highest BCUT2D eigenvalue weighted by atomic mass is 16.3. The minimum Gasteiger partial charge on any atom is -0.381 e. The van der Waals surface area contributed by atoms with Crippen molar-refractivity contribution < 1.29 is 9.90 Å². The number of aliphatic hydroxyl groups excluding tert-OH is 1. The Morgan fingerprint density at radius 1 is 1.00 bits per heavy atom. The minimum absolute atomic E-state index is 0.00492. The molecule has 104 valence electrons. The number of carbonyl (C=O) groups is 1. The zero-order valence-corrected chi connectivity index (χ0v) is 11.1. The molecule has 0 unspecified atom stereocenters. The first-order valence-corrected chi connectivity index (χ1v) is 6.45. The molecule has 0 aromatic heterocycles. The normalized spacial score (nSPS) is 10.9. The molecule has 0 aliphatic carbocycles. The van der Waals surface area contributed by atoms with Gasteiger partial charge in [0.05, 0.1) is 19.3 Å². The maximum Gasteiger partial charge on any atom is 0.231 e. The topological polar surface area (TPSA) is 66.6 Å². The number of nitrogens with two attached hydrogens (primary N) is 1. The van der Waals surface area contributed by atoms with Crippen LogP contribution in [0.2, 0.25) is 0 Å². The number of aliphatic hydroxyl groups is 1. The molecule has 0 aliphatic rings. The molecule has 2 rings (SSSR count). The van der Waals surface area contributed by atoms with Gasteiger partial charge in [0.1, 0.15) is 0 Å². The number of hydrogen-bond acceptors (Lipinski definition) is 3. The van der Waals surface area contributed by atoms with Crippen molar-refractivity contribution in [3.8, 4) is 0 Å². The summed E-state index contributed by atoms with van der Waals surface area (Å²) in [5, 5.41) is 9.59. The summed E-state index contributed by atoms with van der Waals surface area (Å²) in [7, 11) is 0. The first-order valence-electron chi connectivity index (χ1n) is 6.45. The smallest absolute Gasteiger partial charge is 0.231 e. The monoisotopic (exact) mass is 270 g/mol. The molecular formula is C16H18N2O2. The lowest BCUT2D eigenvalue weighted by Crippen LogP contribution is -2.37. The Kier molecular flexibility index (Phi) is 4.87. The van der Waals surface area contributed by atoms with Crippen molar-refractivity contribution in [2.24, 2.45) is 5.73 Å². The van der Waals surface area contributed by atoms with Crippen molar-refractivity contribution in [1.82, 2.24) is 4.90 Å². The van der Waals surface area contributed by atoms with Crippen molar-refractivity contribution in [3.63, 3.8) is 0 Å². The van der Waals surface area contributed by atoms with E-state index in [1.807, 2.05) is 60.7 Å². The average molecular weight is 270 g/mol. The standard InChI is InChI=1S/C16H18N2O2/c17-15(20)11-18(12-19)16(13-7-3-1-4-8-13)14-9-5-2-6-10-14/h1-10,16,19H,11-12H2,(H2,17,20). The van der Waals surface area contributed by atoms with Crippen LogP contribution in [0.3, 0.4) is 0 Å². The third kappa shape index (κ3) is 3.44. The Bertz CT molecular complexity index is 503. The highest BCUT2D eigenvalue weighted by Gasteiger charge is 2.22. The Morgan fingerprint density at radius 3 is 1.80 bits per heavy atom. The van der Waals surface area contributed by atoms with Gasteiger partial charge < -0.3 is 10.8 Å².